The number of benzene rings is 2. The van der Waals surface area contributed by atoms with E-state index in [0.29, 0.717) is 30.0 Å². The molecule has 1 amide bonds. The van der Waals surface area contributed by atoms with E-state index in [0.717, 1.165) is 55.7 Å². The number of ether oxygens (including phenoxy) is 1. The molecule has 4 rings (SSSR count). The Labute approximate surface area is 207 Å². The molecule has 2 aromatic carbocycles. The Morgan fingerprint density at radius 3 is 2.69 bits per heavy atom. The van der Waals surface area contributed by atoms with Gasteiger partial charge in [-0.25, -0.2) is 0 Å². The second-order valence-corrected chi connectivity index (χ2v) is 9.38. The van der Waals surface area contributed by atoms with Crippen LogP contribution in [0.2, 0.25) is 0 Å². The summed E-state index contributed by atoms with van der Waals surface area (Å²) in [5.74, 6) is 1.43. The van der Waals surface area contributed by atoms with Crippen LogP contribution in [0.4, 0.5) is 0 Å². The second kappa shape index (κ2) is 12.0. The van der Waals surface area contributed by atoms with Gasteiger partial charge in [-0.2, -0.15) is 0 Å². The quantitative estimate of drug-likeness (QED) is 0.375. The Balaban J connectivity index is 1.16. The van der Waals surface area contributed by atoms with Crippen molar-refractivity contribution in [1.29, 1.82) is 0 Å². The first-order valence-electron chi connectivity index (χ1n) is 12.5. The average molecular weight is 477 g/mol. The summed E-state index contributed by atoms with van der Waals surface area (Å²) < 4.78 is 11.1. The maximum Gasteiger partial charge on any atom is 0.253 e. The molecule has 2 heterocycles. The van der Waals surface area contributed by atoms with E-state index < -0.39 is 0 Å². The Hall–Kier alpha value is -3.16. The molecule has 1 saturated heterocycles. The molecule has 186 valence electrons. The lowest BCUT2D eigenvalue weighted by Crippen LogP contribution is -2.30. The number of aryl methyl sites for hydroxylation is 2. The molecule has 1 fully saturated rings. The molecule has 1 aliphatic rings. The minimum absolute atomic E-state index is 0.0140. The van der Waals surface area contributed by atoms with Crippen LogP contribution in [0, 0.1) is 13.8 Å². The molecule has 0 radical (unpaired) electrons. The van der Waals surface area contributed by atoms with E-state index >= 15 is 0 Å². The van der Waals surface area contributed by atoms with Crippen molar-refractivity contribution in [2.75, 3.05) is 13.6 Å². The van der Waals surface area contributed by atoms with Gasteiger partial charge >= 0.3 is 0 Å². The molecule has 7 heteroatoms. The molecule has 0 saturated carbocycles. The topological polar surface area (TPSA) is 79.6 Å². The fraction of sp³-hybridized carbons (Fsp3) is 0.429. The highest BCUT2D eigenvalue weighted by Crippen LogP contribution is 2.24. The first kappa shape index (κ1) is 24.9. The number of hydrogen-bond donors (Lipinski definition) is 2. The summed E-state index contributed by atoms with van der Waals surface area (Å²) >= 11 is 0. The molecular weight excluding hydrogens is 440 g/mol. The predicted octanol–water partition coefficient (Wildman–Crippen LogP) is 5.11. The average Bonchev–Trinajstić information content (AvgIpc) is 3.49. The number of nitrogens with zero attached hydrogens (tertiary/aromatic N) is 2. The summed E-state index contributed by atoms with van der Waals surface area (Å²) in [7, 11) is 1.87. The first-order chi connectivity index (χ1) is 17.0. The van der Waals surface area contributed by atoms with E-state index in [1.54, 1.807) is 11.0 Å². The van der Waals surface area contributed by atoms with Crippen LogP contribution in [0.1, 0.15) is 71.1 Å². The molecule has 0 spiro atoms. The molecule has 2 unspecified atom stereocenters. The Morgan fingerprint density at radius 2 is 1.91 bits per heavy atom. The third-order valence-corrected chi connectivity index (χ3v) is 6.72. The fourth-order valence-corrected chi connectivity index (χ4v) is 4.54. The predicted molar refractivity (Wildman–Crippen MR) is 136 cm³/mol. The van der Waals surface area contributed by atoms with Gasteiger partial charge in [-0.05, 0) is 56.9 Å². The van der Waals surface area contributed by atoms with Crippen molar-refractivity contribution in [3.8, 4) is 5.75 Å². The Morgan fingerprint density at radius 1 is 1.09 bits per heavy atom. The molecule has 35 heavy (non-hydrogen) atoms. The van der Waals surface area contributed by atoms with Crippen molar-refractivity contribution in [2.24, 2.45) is 0 Å². The minimum atomic E-state index is 0.0140. The lowest BCUT2D eigenvalue weighted by atomic mass is 9.99. The summed E-state index contributed by atoms with van der Waals surface area (Å²) in [5, 5.41) is 3.95. The summed E-state index contributed by atoms with van der Waals surface area (Å²) in [6.07, 6.45) is 5.49. The third-order valence-electron chi connectivity index (χ3n) is 6.72. The largest absolute Gasteiger partial charge is 0.489 e. The van der Waals surface area contributed by atoms with Gasteiger partial charge in [0.15, 0.2) is 0 Å². The van der Waals surface area contributed by atoms with Crippen LogP contribution in [0.15, 0.2) is 59.1 Å². The minimum Gasteiger partial charge on any atom is -0.489 e. The molecule has 2 N–H and O–H groups in total. The van der Waals surface area contributed by atoms with Crippen molar-refractivity contribution in [3.63, 3.8) is 0 Å². The van der Waals surface area contributed by atoms with Gasteiger partial charge in [-0.15, -0.1) is 0 Å². The zero-order valence-electron chi connectivity index (χ0n) is 20.9. The number of carbonyl (C=O) groups is 1. The third kappa shape index (κ3) is 6.71. The number of aromatic nitrogens is 1. The zero-order valence-corrected chi connectivity index (χ0v) is 20.9. The van der Waals surface area contributed by atoms with Crippen LogP contribution in [-0.2, 0) is 6.61 Å². The highest BCUT2D eigenvalue weighted by molar-refractivity contribution is 5.94. The number of unbranched alkanes of at least 4 members (excludes halogenated alkanes) is 2. The number of carbonyl (C=O) groups excluding carboxylic acids is 1. The maximum absolute atomic E-state index is 12.9. The first-order valence-corrected chi connectivity index (χ1v) is 12.5. The van der Waals surface area contributed by atoms with Crippen molar-refractivity contribution in [3.05, 3.63) is 82.7 Å². The van der Waals surface area contributed by atoms with Crippen molar-refractivity contribution in [1.82, 2.24) is 20.9 Å². The van der Waals surface area contributed by atoms with Gasteiger partial charge in [-0.1, -0.05) is 54.4 Å². The SMILES string of the molecule is Cc1noc(C)c1COc1cccc(C(=O)N(C)CCCCCC2CC(c3ccccc3)NN2)c1. The number of rotatable bonds is 11. The number of hydrazine groups is 1. The van der Waals surface area contributed by atoms with Crippen LogP contribution < -0.4 is 15.6 Å². The summed E-state index contributed by atoms with van der Waals surface area (Å²) in [4.78, 5) is 14.7. The lowest BCUT2D eigenvalue weighted by Gasteiger charge is -2.18. The fourth-order valence-electron chi connectivity index (χ4n) is 4.54. The maximum atomic E-state index is 12.9. The number of hydrogen-bond acceptors (Lipinski definition) is 6. The summed E-state index contributed by atoms with van der Waals surface area (Å²) in [6, 6.07) is 18.8. The van der Waals surface area contributed by atoms with E-state index in [2.05, 4.69) is 46.3 Å². The van der Waals surface area contributed by atoms with E-state index in [4.69, 9.17) is 9.26 Å². The van der Waals surface area contributed by atoms with Crippen LogP contribution >= 0.6 is 0 Å². The van der Waals surface area contributed by atoms with Gasteiger partial charge in [0, 0.05) is 31.2 Å². The zero-order chi connectivity index (χ0) is 24.6. The van der Waals surface area contributed by atoms with E-state index in [-0.39, 0.29) is 5.91 Å². The molecular formula is C28H36N4O3. The van der Waals surface area contributed by atoms with Gasteiger partial charge < -0.3 is 14.2 Å². The Kier molecular flexibility index (Phi) is 8.55. The van der Waals surface area contributed by atoms with Crippen LogP contribution in [-0.4, -0.2) is 35.6 Å². The Bertz CT molecular complexity index is 1080. The van der Waals surface area contributed by atoms with Crippen molar-refractivity contribution in [2.45, 2.75) is 64.6 Å². The number of amides is 1. The van der Waals surface area contributed by atoms with Crippen LogP contribution in [0.25, 0.3) is 0 Å². The number of nitrogens with one attached hydrogen (secondary N) is 2. The monoisotopic (exact) mass is 476 g/mol. The molecule has 1 aliphatic heterocycles. The van der Waals surface area contributed by atoms with Crippen molar-refractivity contribution < 1.29 is 14.1 Å². The summed E-state index contributed by atoms with van der Waals surface area (Å²) in [6.45, 7) is 4.88. The molecule has 0 aliphatic carbocycles. The highest BCUT2D eigenvalue weighted by atomic mass is 16.5. The van der Waals surface area contributed by atoms with Gasteiger partial charge in [0.05, 0.1) is 11.3 Å². The van der Waals surface area contributed by atoms with Crippen molar-refractivity contribution >= 4 is 5.91 Å². The molecule has 0 bridgehead atoms. The molecule has 3 aromatic rings. The molecule has 1 aromatic heterocycles. The van der Waals surface area contributed by atoms with E-state index in [1.807, 2.05) is 39.1 Å². The van der Waals surface area contributed by atoms with E-state index in [9.17, 15) is 4.79 Å². The molecule has 2 atom stereocenters. The lowest BCUT2D eigenvalue weighted by molar-refractivity contribution is 0.0792. The van der Waals surface area contributed by atoms with Gasteiger partial charge in [-0.3, -0.25) is 15.6 Å². The van der Waals surface area contributed by atoms with Crippen LogP contribution in [0.3, 0.4) is 0 Å². The van der Waals surface area contributed by atoms with Gasteiger partial charge in [0.1, 0.15) is 18.1 Å². The van der Waals surface area contributed by atoms with Gasteiger partial charge in [0.2, 0.25) is 0 Å². The second-order valence-electron chi connectivity index (χ2n) is 9.38. The van der Waals surface area contributed by atoms with E-state index in [1.165, 1.54) is 5.56 Å². The molecule has 7 nitrogen and oxygen atoms in total. The summed E-state index contributed by atoms with van der Waals surface area (Å²) in [5.41, 5.74) is 10.6. The standard InChI is InChI=1S/C28H36N4O3/c1-20-26(21(2)35-31-20)19-34-25-15-10-13-23(17-25)28(33)32(3)16-9-5-8-14-24-18-27(30-29-24)22-11-6-4-7-12-22/h4,6-7,10-13,15,17,24,27,29-30H,5,8-9,14,16,18-19H2,1-3H3. The highest BCUT2D eigenvalue weighted by Gasteiger charge is 2.24. The normalized spacial score (nSPS) is 17.5. The van der Waals surface area contributed by atoms with Crippen LogP contribution in [0.5, 0.6) is 5.75 Å². The smallest absolute Gasteiger partial charge is 0.253 e. The van der Waals surface area contributed by atoms with Gasteiger partial charge in [0.25, 0.3) is 5.91 Å².